The number of unbranched alkanes of at least 4 members (excludes halogenated alkanes) is 1. The lowest BCUT2D eigenvalue weighted by Crippen LogP contribution is -2.48. The molecule has 1 saturated heterocycles. The van der Waals surface area contributed by atoms with Crippen LogP contribution in [0.5, 0.6) is 0 Å². The summed E-state index contributed by atoms with van der Waals surface area (Å²) in [6.45, 7) is 9.82. The fourth-order valence-corrected chi connectivity index (χ4v) is 2.74. The fourth-order valence-electron chi connectivity index (χ4n) is 2.74. The van der Waals surface area contributed by atoms with Gasteiger partial charge in [-0.1, -0.05) is 47.0 Å². The van der Waals surface area contributed by atoms with Crippen molar-refractivity contribution in [3.8, 4) is 0 Å². The maximum Gasteiger partial charge on any atom is 0.239 e. The second kappa shape index (κ2) is 8.63. The third-order valence-electron chi connectivity index (χ3n) is 3.83. The Kier molecular flexibility index (Phi) is 7.52. The number of likely N-dealkylation sites (tertiary alicyclic amines) is 1. The minimum Gasteiger partial charge on any atom is -0.391 e. The van der Waals surface area contributed by atoms with Gasteiger partial charge in [-0.25, -0.2) is 0 Å². The number of carbonyl (C=O) groups excluding carboxylic acids is 1. The number of hydrogen-bond donors (Lipinski definition) is 2. The minimum absolute atomic E-state index is 0.0903. The summed E-state index contributed by atoms with van der Waals surface area (Å²) in [6.07, 6.45) is 4.78. The number of aliphatic hydroxyl groups excluding tert-OH is 1. The van der Waals surface area contributed by atoms with Crippen LogP contribution in [0.25, 0.3) is 0 Å². The Balaban J connectivity index is 2.44. The Labute approximate surface area is 123 Å². The molecule has 0 aliphatic carbocycles. The molecular formula is C16H32N2O2. The van der Waals surface area contributed by atoms with Gasteiger partial charge in [0.15, 0.2) is 0 Å². The van der Waals surface area contributed by atoms with E-state index in [0.29, 0.717) is 25.6 Å². The Hall–Kier alpha value is -0.610. The van der Waals surface area contributed by atoms with Crippen molar-refractivity contribution in [3.63, 3.8) is 0 Å². The normalized spacial score (nSPS) is 20.9. The summed E-state index contributed by atoms with van der Waals surface area (Å²) in [5.41, 5.74) is 0. The average Bonchev–Trinajstić information content (AvgIpc) is 2.78. The van der Waals surface area contributed by atoms with E-state index in [1.54, 1.807) is 0 Å². The zero-order valence-electron chi connectivity index (χ0n) is 13.6. The molecule has 0 aromatic rings. The third-order valence-corrected chi connectivity index (χ3v) is 3.83. The standard InChI is InChI=1S/C16H32N2O2/c1-12(2)7-5-6-8-15(17-13(3)4)16(20)18-10-9-14(19)11-18/h12-15,17,19H,5-11H2,1-4H3. The van der Waals surface area contributed by atoms with Crippen LogP contribution in [-0.2, 0) is 4.79 Å². The van der Waals surface area contributed by atoms with Crippen LogP contribution >= 0.6 is 0 Å². The zero-order chi connectivity index (χ0) is 15.1. The molecule has 0 spiro atoms. The van der Waals surface area contributed by atoms with Crippen molar-refractivity contribution >= 4 is 5.91 Å². The van der Waals surface area contributed by atoms with Gasteiger partial charge < -0.3 is 15.3 Å². The van der Waals surface area contributed by atoms with Crippen molar-refractivity contribution in [2.75, 3.05) is 13.1 Å². The number of nitrogens with zero attached hydrogens (tertiary/aromatic N) is 1. The molecule has 0 radical (unpaired) electrons. The zero-order valence-corrected chi connectivity index (χ0v) is 13.6. The van der Waals surface area contributed by atoms with Crippen molar-refractivity contribution in [3.05, 3.63) is 0 Å². The molecule has 2 atom stereocenters. The summed E-state index contributed by atoms with van der Waals surface area (Å²) >= 11 is 0. The maximum atomic E-state index is 12.5. The molecule has 0 aromatic carbocycles. The van der Waals surface area contributed by atoms with E-state index in [1.165, 1.54) is 12.8 Å². The number of nitrogens with one attached hydrogen (secondary N) is 1. The molecule has 20 heavy (non-hydrogen) atoms. The Morgan fingerprint density at radius 3 is 2.40 bits per heavy atom. The molecule has 2 N–H and O–H groups in total. The molecule has 118 valence electrons. The predicted molar refractivity (Wildman–Crippen MR) is 82.6 cm³/mol. The molecular weight excluding hydrogens is 252 g/mol. The van der Waals surface area contributed by atoms with Gasteiger partial charge in [-0.3, -0.25) is 4.79 Å². The van der Waals surface area contributed by atoms with Crippen LogP contribution in [0, 0.1) is 5.92 Å². The molecule has 4 nitrogen and oxygen atoms in total. The highest BCUT2D eigenvalue weighted by Crippen LogP contribution is 2.15. The molecule has 0 saturated carbocycles. The molecule has 0 bridgehead atoms. The van der Waals surface area contributed by atoms with Gasteiger partial charge in [0, 0.05) is 19.1 Å². The van der Waals surface area contributed by atoms with E-state index >= 15 is 0 Å². The average molecular weight is 284 g/mol. The Morgan fingerprint density at radius 1 is 1.25 bits per heavy atom. The van der Waals surface area contributed by atoms with E-state index in [1.807, 2.05) is 4.90 Å². The SMILES string of the molecule is CC(C)CCCCC(NC(C)C)C(=O)N1CCC(O)C1. The van der Waals surface area contributed by atoms with Gasteiger partial charge in [-0.2, -0.15) is 0 Å². The van der Waals surface area contributed by atoms with Crippen LogP contribution in [0.1, 0.15) is 59.8 Å². The maximum absolute atomic E-state index is 12.5. The lowest BCUT2D eigenvalue weighted by atomic mass is 10.0. The van der Waals surface area contributed by atoms with E-state index in [4.69, 9.17) is 0 Å². The van der Waals surface area contributed by atoms with Crippen LogP contribution < -0.4 is 5.32 Å². The van der Waals surface area contributed by atoms with E-state index in [-0.39, 0.29) is 18.1 Å². The van der Waals surface area contributed by atoms with Crippen LogP contribution in [0.4, 0.5) is 0 Å². The summed E-state index contributed by atoms with van der Waals surface area (Å²) in [5, 5.41) is 13.0. The van der Waals surface area contributed by atoms with Gasteiger partial charge in [0.2, 0.25) is 5.91 Å². The smallest absolute Gasteiger partial charge is 0.239 e. The third kappa shape index (κ3) is 6.23. The number of aliphatic hydroxyl groups is 1. The first kappa shape index (κ1) is 17.4. The molecule has 1 aliphatic heterocycles. The molecule has 1 aliphatic rings. The second-order valence-corrected chi connectivity index (χ2v) is 6.78. The van der Waals surface area contributed by atoms with Crippen LogP contribution in [0.15, 0.2) is 0 Å². The number of rotatable bonds is 8. The van der Waals surface area contributed by atoms with E-state index in [9.17, 15) is 9.90 Å². The fraction of sp³-hybridized carbons (Fsp3) is 0.938. The first-order chi connectivity index (χ1) is 9.40. The van der Waals surface area contributed by atoms with E-state index < -0.39 is 0 Å². The van der Waals surface area contributed by atoms with E-state index in [0.717, 1.165) is 18.8 Å². The van der Waals surface area contributed by atoms with Gasteiger partial charge in [-0.15, -0.1) is 0 Å². The van der Waals surface area contributed by atoms with Crippen LogP contribution in [0.3, 0.4) is 0 Å². The van der Waals surface area contributed by atoms with Gasteiger partial charge in [0.1, 0.15) is 0 Å². The summed E-state index contributed by atoms with van der Waals surface area (Å²) in [5.74, 6) is 0.899. The molecule has 1 heterocycles. The summed E-state index contributed by atoms with van der Waals surface area (Å²) < 4.78 is 0. The molecule has 2 unspecified atom stereocenters. The predicted octanol–water partition coefficient (Wildman–Crippen LogP) is 2.16. The quantitative estimate of drug-likeness (QED) is 0.672. The van der Waals surface area contributed by atoms with Crippen molar-refractivity contribution < 1.29 is 9.90 Å². The number of carbonyl (C=O) groups is 1. The number of amides is 1. The van der Waals surface area contributed by atoms with Crippen LogP contribution in [-0.4, -0.2) is 47.2 Å². The second-order valence-electron chi connectivity index (χ2n) is 6.78. The molecule has 1 rings (SSSR count). The summed E-state index contributed by atoms with van der Waals surface area (Å²) in [6, 6.07) is 0.217. The first-order valence-electron chi connectivity index (χ1n) is 8.13. The summed E-state index contributed by atoms with van der Waals surface area (Å²) in [4.78, 5) is 14.3. The van der Waals surface area contributed by atoms with Gasteiger partial charge >= 0.3 is 0 Å². The molecule has 0 aromatic heterocycles. The number of β-amino-alcohol motifs (C(OH)–C–C–N with tert-alkyl or cyclic N) is 1. The van der Waals surface area contributed by atoms with Gasteiger partial charge in [0.05, 0.1) is 12.1 Å². The molecule has 4 heteroatoms. The largest absolute Gasteiger partial charge is 0.391 e. The first-order valence-corrected chi connectivity index (χ1v) is 8.13. The van der Waals surface area contributed by atoms with Crippen LogP contribution in [0.2, 0.25) is 0 Å². The molecule has 1 amide bonds. The highest BCUT2D eigenvalue weighted by Gasteiger charge is 2.29. The highest BCUT2D eigenvalue weighted by atomic mass is 16.3. The van der Waals surface area contributed by atoms with E-state index in [2.05, 4.69) is 33.0 Å². The lowest BCUT2D eigenvalue weighted by Gasteiger charge is -2.26. The Morgan fingerprint density at radius 2 is 1.90 bits per heavy atom. The van der Waals surface area contributed by atoms with Gasteiger partial charge in [0.25, 0.3) is 0 Å². The van der Waals surface area contributed by atoms with Crippen molar-refractivity contribution in [2.24, 2.45) is 5.92 Å². The lowest BCUT2D eigenvalue weighted by molar-refractivity contribution is -0.133. The topological polar surface area (TPSA) is 52.6 Å². The monoisotopic (exact) mass is 284 g/mol. The highest BCUT2D eigenvalue weighted by molar-refractivity contribution is 5.82. The Bertz CT molecular complexity index is 292. The minimum atomic E-state index is -0.334. The van der Waals surface area contributed by atoms with Gasteiger partial charge in [-0.05, 0) is 18.8 Å². The van der Waals surface area contributed by atoms with Crippen molar-refractivity contribution in [1.82, 2.24) is 10.2 Å². The van der Waals surface area contributed by atoms with Crippen molar-refractivity contribution in [2.45, 2.75) is 78.0 Å². The summed E-state index contributed by atoms with van der Waals surface area (Å²) in [7, 11) is 0. The molecule has 1 fully saturated rings. The number of hydrogen-bond acceptors (Lipinski definition) is 3. The van der Waals surface area contributed by atoms with Crippen molar-refractivity contribution in [1.29, 1.82) is 0 Å².